The fourth-order valence-corrected chi connectivity index (χ4v) is 2.75. The second-order valence-corrected chi connectivity index (χ2v) is 6.37. The van der Waals surface area contributed by atoms with Crippen LogP contribution in [0.1, 0.15) is 16.1 Å². The molecule has 9 nitrogen and oxygen atoms in total. The van der Waals surface area contributed by atoms with Crippen molar-refractivity contribution in [1.29, 1.82) is 0 Å². The lowest BCUT2D eigenvalue weighted by molar-refractivity contribution is -0.118. The monoisotopic (exact) mass is 402 g/mol. The van der Waals surface area contributed by atoms with E-state index in [0.717, 1.165) is 13.1 Å². The number of benzene rings is 1. The van der Waals surface area contributed by atoms with E-state index in [1.807, 2.05) is 0 Å². The Bertz CT molecular complexity index is 902. The van der Waals surface area contributed by atoms with Crippen molar-refractivity contribution in [3.63, 3.8) is 0 Å². The number of anilines is 1. The SMILES string of the molecule is COC(=O)c1ccc(NC(=O)COc2coc(CN3CCOCC3)cc2=O)cc1. The number of hydrogen-bond acceptors (Lipinski definition) is 8. The number of rotatable bonds is 7. The van der Waals surface area contributed by atoms with Crippen molar-refractivity contribution in [3.05, 3.63) is 58.1 Å². The molecule has 0 atom stereocenters. The minimum Gasteiger partial charge on any atom is -0.477 e. The van der Waals surface area contributed by atoms with Gasteiger partial charge in [0.15, 0.2) is 6.61 Å². The molecular formula is C20H22N2O7. The van der Waals surface area contributed by atoms with Crippen LogP contribution in [0, 0.1) is 0 Å². The Morgan fingerprint density at radius 1 is 1.17 bits per heavy atom. The van der Waals surface area contributed by atoms with Crippen molar-refractivity contribution in [2.24, 2.45) is 0 Å². The molecular weight excluding hydrogens is 380 g/mol. The quantitative estimate of drug-likeness (QED) is 0.690. The predicted molar refractivity (Wildman–Crippen MR) is 103 cm³/mol. The number of carbonyl (C=O) groups excluding carboxylic acids is 2. The summed E-state index contributed by atoms with van der Waals surface area (Å²) < 4.78 is 20.6. The summed E-state index contributed by atoms with van der Waals surface area (Å²) in [6, 6.07) is 7.57. The van der Waals surface area contributed by atoms with Crippen LogP contribution in [-0.4, -0.2) is 56.8 Å². The van der Waals surface area contributed by atoms with Crippen LogP contribution in [0.3, 0.4) is 0 Å². The normalized spacial score (nSPS) is 14.2. The zero-order chi connectivity index (χ0) is 20.6. The molecule has 1 aliphatic heterocycles. The van der Waals surface area contributed by atoms with E-state index in [1.165, 1.54) is 31.6 Å². The molecule has 2 aromatic rings. The molecule has 154 valence electrons. The first kappa shape index (κ1) is 20.6. The molecule has 1 N–H and O–H groups in total. The standard InChI is InChI=1S/C20H22N2O7/c1-26-20(25)14-2-4-15(5-3-14)21-19(24)13-29-18-12-28-16(10-17(18)23)11-22-6-8-27-9-7-22/h2-5,10,12H,6-9,11,13H2,1H3,(H,21,24). The molecule has 1 fully saturated rings. The van der Waals surface area contributed by atoms with E-state index in [9.17, 15) is 14.4 Å². The Balaban J connectivity index is 1.50. The lowest BCUT2D eigenvalue weighted by Gasteiger charge is -2.25. The van der Waals surface area contributed by atoms with Gasteiger partial charge in [0, 0.05) is 24.8 Å². The zero-order valence-electron chi connectivity index (χ0n) is 16.0. The Labute approximate surface area is 167 Å². The Morgan fingerprint density at radius 3 is 2.55 bits per heavy atom. The number of methoxy groups -OCH3 is 1. The Kier molecular flexibility index (Phi) is 6.99. The number of nitrogens with one attached hydrogen (secondary N) is 1. The van der Waals surface area contributed by atoms with Crippen molar-refractivity contribution >= 4 is 17.6 Å². The number of nitrogens with zero attached hydrogens (tertiary/aromatic N) is 1. The van der Waals surface area contributed by atoms with Crippen LogP contribution in [0.5, 0.6) is 5.75 Å². The van der Waals surface area contributed by atoms with Gasteiger partial charge < -0.3 is 23.9 Å². The van der Waals surface area contributed by atoms with Gasteiger partial charge in [-0.05, 0) is 24.3 Å². The van der Waals surface area contributed by atoms with E-state index in [1.54, 1.807) is 12.1 Å². The summed E-state index contributed by atoms with van der Waals surface area (Å²) in [5, 5.41) is 2.61. The van der Waals surface area contributed by atoms with Gasteiger partial charge >= 0.3 is 5.97 Å². The van der Waals surface area contributed by atoms with Gasteiger partial charge in [0.2, 0.25) is 11.2 Å². The molecule has 0 unspecified atom stereocenters. The van der Waals surface area contributed by atoms with E-state index in [4.69, 9.17) is 13.9 Å². The molecule has 0 spiro atoms. The van der Waals surface area contributed by atoms with Gasteiger partial charge in [-0.25, -0.2) is 4.79 Å². The molecule has 1 amide bonds. The minimum absolute atomic E-state index is 0.0353. The summed E-state index contributed by atoms with van der Waals surface area (Å²) in [6.07, 6.45) is 1.22. The largest absolute Gasteiger partial charge is 0.477 e. The van der Waals surface area contributed by atoms with E-state index >= 15 is 0 Å². The van der Waals surface area contributed by atoms with Crippen LogP contribution in [0.2, 0.25) is 0 Å². The number of hydrogen-bond donors (Lipinski definition) is 1. The summed E-state index contributed by atoms with van der Waals surface area (Å²) >= 11 is 0. The third kappa shape index (κ3) is 5.90. The highest BCUT2D eigenvalue weighted by Gasteiger charge is 2.14. The number of morpholine rings is 1. The average Bonchev–Trinajstić information content (AvgIpc) is 2.74. The van der Waals surface area contributed by atoms with E-state index in [2.05, 4.69) is 15.0 Å². The highest BCUT2D eigenvalue weighted by Crippen LogP contribution is 2.12. The molecule has 1 aromatic carbocycles. The summed E-state index contributed by atoms with van der Waals surface area (Å²) in [5.41, 5.74) is 0.505. The van der Waals surface area contributed by atoms with Gasteiger partial charge in [-0.1, -0.05) is 0 Å². The van der Waals surface area contributed by atoms with Crippen molar-refractivity contribution < 1.29 is 28.2 Å². The van der Waals surface area contributed by atoms with Crippen LogP contribution in [-0.2, 0) is 20.8 Å². The molecule has 0 saturated carbocycles. The minimum atomic E-state index is -0.463. The van der Waals surface area contributed by atoms with Crippen molar-refractivity contribution in [1.82, 2.24) is 4.90 Å². The number of amides is 1. The van der Waals surface area contributed by atoms with Gasteiger partial charge in [0.25, 0.3) is 5.91 Å². The molecule has 0 radical (unpaired) electrons. The first-order valence-electron chi connectivity index (χ1n) is 9.08. The highest BCUT2D eigenvalue weighted by molar-refractivity contribution is 5.93. The molecule has 1 saturated heterocycles. The Hall–Kier alpha value is -3.17. The van der Waals surface area contributed by atoms with Gasteiger partial charge in [0.1, 0.15) is 12.0 Å². The molecule has 0 bridgehead atoms. The van der Waals surface area contributed by atoms with E-state index < -0.39 is 11.9 Å². The second-order valence-electron chi connectivity index (χ2n) is 6.37. The average molecular weight is 402 g/mol. The fourth-order valence-electron chi connectivity index (χ4n) is 2.75. The fraction of sp³-hybridized carbons (Fsp3) is 0.350. The van der Waals surface area contributed by atoms with E-state index in [0.29, 0.717) is 36.8 Å². The zero-order valence-corrected chi connectivity index (χ0v) is 16.0. The smallest absolute Gasteiger partial charge is 0.337 e. The van der Waals surface area contributed by atoms with Crippen molar-refractivity contribution in [2.75, 3.05) is 45.3 Å². The maximum absolute atomic E-state index is 12.2. The van der Waals surface area contributed by atoms with E-state index in [-0.39, 0.29) is 17.8 Å². The lowest BCUT2D eigenvalue weighted by atomic mass is 10.2. The second kappa shape index (κ2) is 9.85. The van der Waals surface area contributed by atoms with Crippen LogP contribution in [0.15, 0.2) is 45.8 Å². The number of carbonyl (C=O) groups is 2. The van der Waals surface area contributed by atoms with Gasteiger partial charge in [-0.2, -0.15) is 0 Å². The highest BCUT2D eigenvalue weighted by atomic mass is 16.5. The number of ether oxygens (including phenoxy) is 3. The van der Waals surface area contributed by atoms with Gasteiger partial charge in [0.05, 0.1) is 32.4 Å². The topological polar surface area (TPSA) is 107 Å². The molecule has 2 heterocycles. The predicted octanol–water partition coefficient (Wildman–Crippen LogP) is 1.28. The Morgan fingerprint density at radius 2 is 1.90 bits per heavy atom. The molecule has 1 aromatic heterocycles. The summed E-state index contributed by atoms with van der Waals surface area (Å²) in [4.78, 5) is 37.7. The number of esters is 1. The van der Waals surface area contributed by atoms with Crippen LogP contribution in [0.25, 0.3) is 0 Å². The molecule has 1 aliphatic rings. The third-order valence-corrected chi connectivity index (χ3v) is 4.28. The lowest BCUT2D eigenvalue weighted by Crippen LogP contribution is -2.35. The van der Waals surface area contributed by atoms with Crippen LogP contribution in [0.4, 0.5) is 5.69 Å². The maximum atomic E-state index is 12.2. The van der Waals surface area contributed by atoms with Gasteiger partial charge in [-0.15, -0.1) is 0 Å². The third-order valence-electron chi connectivity index (χ3n) is 4.28. The molecule has 29 heavy (non-hydrogen) atoms. The summed E-state index contributed by atoms with van der Waals surface area (Å²) in [7, 11) is 1.29. The first-order chi connectivity index (χ1) is 14.0. The van der Waals surface area contributed by atoms with Crippen LogP contribution < -0.4 is 15.5 Å². The maximum Gasteiger partial charge on any atom is 0.337 e. The summed E-state index contributed by atoms with van der Waals surface area (Å²) in [6.45, 7) is 3.04. The van der Waals surface area contributed by atoms with Crippen LogP contribution >= 0.6 is 0 Å². The molecule has 0 aliphatic carbocycles. The van der Waals surface area contributed by atoms with Crippen molar-refractivity contribution in [3.8, 4) is 5.75 Å². The van der Waals surface area contributed by atoms with Crippen molar-refractivity contribution in [2.45, 2.75) is 6.54 Å². The first-order valence-corrected chi connectivity index (χ1v) is 9.08. The van der Waals surface area contributed by atoms with Gasteiger partial charge in [-0.3, -0.25) is 14.5 Å². The molecule has 3 rings (SSSR count). The molecule has 9 heteroatoms. The summed E-state index contributed by atoms with van der Waals surface area (Å²) in [5.74, 6) is -0.422.